The molecule has 1 aromatic heterocycles. The van der Waals surface area contributed by atoms with Crippen LogP contribution in [0, 0.1) is 0 Å². The summed E-state index contributed by atoms with van der Waals surface area (Å²) in [5.41, 5.74) is 3.73. The number of hydrogen-bond donors (Lipinski definition) is 3. The van der Waals surface area contributed by atoms with E-state index < -0.39 is 12.1 Å². The van der Waals surface area contributed by atoms with E-state index in [1.807, 2.05) is 54.6 Å². The van der Waals surface area contributed by atoms with Crippen molar-refractivity contribution in [3.63, 3.8) is 0 Å². The van der Waals surface area contributed by atoms with Gasteiger partial charge in [-0.3, -0.25) is 14.7 Å². The highest BCUT2D eigenvalue weighted by molar-refractivity contribution is 6.02. The molecule has 9 heteroatoms. The molecule has 2 amide bonds. The Labute approximate surface area is 215 Å². The number of rotatable bonds is 7. The molecule has 190 valence electrons. The normalized spacial score (nSPS) is 16.2. The second-order valence-electron chi connectivity index (χ2n) is 9.18. The van der Waals surface area contributed by atoms with E-state index >= 15 is 0 Å². The first kappa shape index (κ1) is 24.5. The number of carbonyl (C=O) groups excluding carboxylic acids is 2. The zero-order valence-corrected chi connectivity index (χ0v) is 21.1. The van der Waals surface area contributed by atoms with E-state index in [4.69, 9.17) is 4.74 Å². The summed E-state index contributed by atoms with van der Waals surface area (Å²) in [4.78, 5) is 32.6. The van der Waals surface area contributed by atoms with Gasteiger partial charge in [0.25, 0.3) is 0 Å². The Morgan fingerprint density at radius 3 is 2.81 bits per heavy atom. The van der Waals surface area contributed by atoms with Crippen LogP contribution in [-0.4, -0.2) is 53.2 Å². The van der Waals surface area contributed by atoms with Crippen molar-refractivity contribution < 1.29 is 14.3 Å². The van der Waals surface area contributed by atoms with E-state index in [1.165, 1.54) is 6.33 Å². The molecule has 37 heavy (non-hydrogen) atoms. The number of anilines is 1. The number of aromatic nitrogens is 3. The van der Waals surface area contributed by atoms with Gasteiger partial charge in [-0.15, -0.1) is 0 Å². The number of likely N-dealkylation sites (N-methyl/N-ethyl adjacent to an activating group) is 1. The molecule has 3 N–H and O–H groups in total. The number of para-hydroxylation sites is 1. The van der Waals surface area contributed by atoms with Crippen molar-refractivity contribution >= 4 is 28.3 Å². The lowest BCUT2D eigenvalue weighted by Gasteiger charge is -2.28. The van der Waals surface area contributed by atoms with Crippen molar-refractivity contribution in [2.24, 2.45) is 0 Å². The highest BCUT2D eigenvalue weighted by Crippen LogP contribution is 2.35. The van der Waals surface area contributed by atoms with Gasteiger partial charge in [0, 0.05) is 16.8 Å². The van der Waals surface area contributed by atoms with E-state index in [9.17, 15) is 9.59 Å². The van der Waals surface area contributed by atoms with Crippen molar-refractivity contribution in [2.45, 2.75) is 38.4 Å². The van der Waals surface area contributed by atoms with Crippen LogP contribution in [0.25, 0.3) is 22.2 Å². The molecule has 0 aliphatic carbocycles. The summed E-state index contributed by atoms with van der Waals surface area (Å²) in [6.07, 6.45) is 2.69. The number of fused-ring (bicyclic) bond motifs is 2. The number of aryl methyl sites for hydroxylation is 1. The van der Waals surface area contributed by atoms with E-state index in [1.54, 1.807) is 26.0 Å². The predicted octanol–water partition coefficient (Wildman–Crippen LogP) is 3.21. The first-order chi connectivity index (χ1) is 18.0. The number of hydrogen-bond acceptors (Lipinski definition) is 6. The predicted molar refractivity (Wildman–Crippen MR) is 142 cm³/mol. The Bertz CT molecular complexity index is 1440. The summed E-state index contributed by atoms with van der Waals surface area (Å²) in [5.74, 6) is 1.04. The van der Waals surface area contributed by atoms with Crippen LogP contribution < -0.4 is 20.3 Å². The molecule has 2 unspecified atom stereocenters. The number of methoxy groups -OCH3 is 1. The monoisotopic (exact) mass is 498 g/mol. The molecule has 4 aromatic rings. The van der Waals surface area contributed by atoms with Crippen LogP contribution in [0.3, 0.4) is 0 Å². The van der Waals surface area contributed by atoms with Crippen molar-refractivity contribution in [2.75, 3.05) is 19.1 Å². The number of aromatic amines is 1. The van der Waals surface area contributed by atoms with Crippen molar-refractivity contribution in [3.05, 3.63) is 72.1 Å². The molecular weight excluding hydrogens is 468 g/mol. The third kappa shape index (κ3) is 4.77. The molecule has 0 bridgehead atoms. The molecule has 0 fully saturated rings. The minimum atomic E-state index is -0.630. The van der Waals surface area contributed by atoms with Gasteiger partial charge >= 0.3 is 0 Å². The Balaban J connectivity index is 1.56. The SMILES string of the molecule is CNC(C)C(=O)NC1CCc2ccccc2N(Cc2c(OC)ccc3cc(-c4ncn[nH]4)ccc23)C1=O. The van der Waals surface area contributed by atoms with Crippen molar-refractivity contribution in [1.82, 2.24) is 25.8 Å². The number of nitrogens with zero attached hydrogens (tertiary/aromatic N) is 3. The Kier molecular flexibility index (Phi) is 6.87. The number of carbonyl (C=O) groups is 2. The number of nitrogens with one attached hydrogen (secondary N) is 3. The molecule has 1 aliphatic heterocycles. The van der Waals surface area contributed by atoms with E-state index in [0.717, 1.165) is 33.2 Å². The zero-order valence-electron chi connectivity index (χ0n) is 21.1. The average molecular weight is 499 g/mol. The van der Waals surface area contributed by atoms with Crippen LogP contribution in [0.1, 0.15) is 24.5 Å². The smallest absolute Gasteiger partial charge is 0.249 e. The molecule has 0 spiro atoms. The lowest BCUT2D eigenvalue weighted by Crippen LogP contribution is -2.52. The summed E-state index contributed by atoms with van der Waals surface area (Å²) in [7, 11) is 3.36. The molecule has 0 radical (unpaired) electrons. The van der Waals surface area contributed by atoms with E-state index in [2.05, 4.69) is 25.8 Å². The number of ether oxygens (including phenoxy) is 1. The van der Waals surface area contributed by atoms with Crippen LogP contribution in [0.4, 0.5) is 5.69 Å². The standard InChI is InChI=1S/C28H30N6O3/c1-17(29-2)27(35)32-23-12-9-18-6-4-5-7-24(18)34(28(23)36)15-22-21-11-8-20(26-30-16-31-33-26)14-19(21)10-13-25(22)37-3/h4-8,10-11,13-14,16-17,23,29H,9,12,15H2,1-3H3,(H,32,35)(H,30,31,33). The molecule has 3 aromatic carbocycles. The summed E-state index contributed by atoms with van der Waals surface area (Å²) >= 11 is 0. The lowest BCUT2D eigenvalue weighted by molar-refractivity contribution is -0.128. The molecule has 0 saturated heterocycles. The fourth-order valence-electron chi connectivity index (χ4n) is 4.82. The quantitative estimate of drug-likeness (QED) is 0.361. The fraction of sp³-hybridized carbons (Fsp3) is 0.286. The van der Waals surface area contributed by atoms with Gasteiger partial charge in [0.1, 0.15) is 18.1 Å². The fourth-order valence-corrected chi connectivity index (χ4v) is 4.82. The summed E-state index contributed by atoms with van der Waals surface area (Å²) < 4.78 is 5.74. The highest BCUT2D eigenvalue weighted by Gasteiger charge is 2.33. The van der Waals surface area contributed by atoms with Crippen molar-refractivity contribution in [1.29, 1.82) is 0 Å². The molecule has 1 aliphatic rings. The molecule has 2 atom stereocenters. The van der Waals surface area contributed by atoms with Gasteiger partial charge in [-0.05, 0) is 61.3 Å². The Hall–Kier alpha value is -4.24. The van der Waals surface area contributed by atoms with Gasteiger partial charge < -0.3 is 20.3 Å². The van der Waals surface area contributed by atoms with Gasteiger partial charge in [-0.2, -0.15) is 5.10 Å². The van der Waals surface area contributed by atoms with E-state index in [0.29, 0.717) is 31.0 Å². The number of amides is 2. The first-order valence-electron chi connectivity index (χ1n) is 12.3. The number of benzene rings is 3. The van der Waals surface area contributed by atoms with Gasteiger partial charge in [0.15, 0.2) is 5.82 Å². The maximum atomic E-state index is 13.9. The third-order valence-corrected chi connectivity index (χ3v) is 7.00. The van der Waals surface area contributed by atoms with Gasteiger partial charge in [-0.25, -0.2) is 4.98 Å². The highest BCUT2D eigenvalue weighted by atomic mass is 16.5. The lowest BCUT2D eigenvalue weighted by atomic mass is 10.00. The van der Waals surface area contributed by atoms with Crippen LogP contribution in [-0.2, 0) is 22.6 Å². The molecular formula is C28H30N6O3. The maximum Gasteiger partial charge on any atom is 0.249 e. The molecule has 5 rings (SSSR count). The molecule has 0 saturated carbocycles. The summed E-state index contributed by atoms with van der Waals surface area (Å²) in [6, 6.07) is 16.9. The van der Waals surface area contributed by atoms with E-state index in [-0.39, 0.29) is 11.8 Å². The van der Waals surface area contributed by atoms with Crippen LogP contribution in [0.15, 0.2) is 60.9 Å². The minimum Gasteiger partial charge on any atom is -0.496 e. The number of H-pyrrole nitrogens is 1. The average Bonchev–Trinajstić information content (AvgIpc) is 3.44. The van der Waals surface area contributed by atoms with Crippen molar-refractivity contribution in [3.8, 4) is 17.1 Å². The topological polar surface area (TPSA) is 112 Å². The second kappa shape index (κ2) is 10.4. The summed E-state index contributed by atoms with van der Waals surface area (Å²) in [5, 5.41) is 14.7. The van der Waals surface area contributed by atoms with Gasteiger partial charge in [0.05, 0.1) is 19.7 Å². The molecule has 2 heterocycles. The largest absolute Gasteiger partial charge is 0.496 e. The van der Waals surface area contributed by atoms with Gasteiger partial charge in [0.2, 0.25) is 11.8 Å². The van der Waals surface area contributed by atoms with Crippen LogP contribution >= 0.6 is 0 Å². The summed E-state index contributed by atoms with van der Waals surface area (Å²) in [6.45, 7) is 2.07. The third-order valence-electron chi connectivity index (χ3n) is 7.00. The van der Waals surface area contributed by atoms with Gasteiger partial charge in [-0.1, -0.05) is 36.4 Å². The minimum absolute atomic E-state index is 0.140. The second-order valence-corrected chi connectivity index (χ2v) is 9.18. The maximum absolute atomic E-state index is 13.9. The van der Waals surface area contributed by atoms with Crippen LogP contribution in [0.5, 0.6) is 5.75 Å². The molecule has 9 nitrogen and oxygen atoms in total. The Morgan fingerprint density at radius 2 is 2.05 bits per heavy atom. The Morgan fingerprint density at radius 1 is 1.22 bits per heavy atom. The first-order valence-corrected chi connectivity index (χ1v) is 12.3. The zero-order chi connectivity index (χ0) is 25.9. The van der Waals surface area contributed by atoms with Crippen LogP contribution in [0.2, 0.25) is 0 Å².